The third-order valence-electron chi connectivity index (χ3n) is 4.49. The molecular weight excluding hydrogens is 372 g/mol. The van der Waals surface area contributed by atoms with E-state index in [1.54, 1.807) is 6.92 Å². The Morgan fingerprint density at radius 1 is 1.14 bits per heavy atom. The molecule has 0 aliphatic carbocycles. The van der Waals surface area contributed by atoms with Crippen LogP contribution < -0.4 is 24.7 Å². The summed E-state index contributed by atoms with van der Waals surface area (Å²) in [5.74, 6) is -0.0261. The molecule has 2 aliphatic heterocycles. The SMILES string of the molecule is [2H]C1([2H])CC(Oc2ccc3c(c2)OC([2H])([2H])C([2H])([2H])O3)CC([2H])([2H])N1c1nn2c(=O)ccnc2cc1C. The maximum Gasteiger partial charge on any atom is 0.274 e. The number of piperidine rings is 1. The van der Waals surface area contributed by atoms with E-state index in [-0.39, 0.29) is 41.6 Å². The summed E-state index contributed by atoms with van der Waals surface area (Å²) in [4.78, 5) is 17.2. The first kappa shape index (κ1) is 11.0. The smallest absolute Gasteiger partial charge is 0.274 e. The van der Waals surface area contributed by atoms with E-state index in [0.717, 1.165) is 9.42 Å². The molecule has 5 rings (SSSR count). The molecule has 0 amide bonds. The van der Waals surface area contributed by atoms with Gasteiger partial charge in [0.1, 0.15) is 25.0 Å². The van der Waals surface area contributed by atoms with Gasteiger partial charge in [-0.1, -0.05) is 0 Å². The standard InChI is InChI=1S/C21H22N4O4/c1-14-12-19-22-7-4-20(26)25(19)23-21(14)24-8-5-15(6-9-24)29-16-2-3-17-18(13-16)28-11-10-27-17/h2-4,7,12-13,15H,5-6,8-11H2,1H3/i8D2,9D2,10D2,11D2. The largest absolute Gasteiger partial charge is 0.490 e. The predicted molar refractivity (Wildman–Crippen MR) is 107 cm³/mol. The first-order chi connectivity index (χ1) is 17.1. The Hall–Kier alpha value is -3.29. The van der Waals surface area contributed by atoms with Crippen molar-refractivity contribution in [1.29, 1.82) is 0 Å². The minimum atomic E-state index is -2.76. The van der Waals surface area contributed by atoms with Crippen molar-refractivity contribution in [2.24, 2.45) is 0 Å². The van der Waals surface area contributed by atoms with Gasteiger partial charge in [0, 0.05) is 49.6 Å². The van der Waals surface area contributed by atoms with Crippen molar-refractivity contribution in [1.82, 2.24) is 14.6 Å². The van der Waals surface area contributed by atoms with E-state index < -0.39 is 37.8 Å². The van der Waals surface area contributed by atoms with Gasteiger partial charge in [0.15, 0.2) is 23.0 Å². The van der Waals surface area contributed by atoms with Crippen LogP contribution in [0.4, 0.5) is 5.82 Å². The average Bonchev–Trinajstić information content (AvgIpc) is 2.74. The van der Waals surface area contributed by atoms with Crippen molar-refractivity contribution in [3.8, 4) is 17.2 Å². The quantitative estimate of drug-likeness (QED) is 0.665. The summed E-state index contributed by atoms with van der Waals surface area (Å²) < 4.78 is 82.6. The Bertz CT molecular complexity index is 1430. The highest BCUT2D eigenvalue weighted by atomic mass is 16.6. The highest BCUT2D eigenvalue weighted by Crippen LogP contribution is 2.34. The second kappa shape index (κ2) is 7.27. The maximum absolute atomic E-state index is 12.3. The topological polar surface area (TPSA) is 78.2 Å². The van der Waals surface area contributed by atoms with Crippen LogP contribution in [0.25, 0.3) is 5.65 Å². The van der Waals surface area contributed by atoms with E-state index in [4.69, 9.17) is 25.2 Å². The van der Waals surface area contributed by atoms with E-state index in [2.05, 4.69) is 10.1 Å². The molecule has 0 spiro atoms. The van der Waals surface area contributed by atoms with Gasteiger partial charge in [0.25, 0.3) is 5.56 Å². The normalized spacial score (nSPS) is 27.8. The number of fused-ring (bicyclic) bond motifs is 2. The Labute approximate surface area is 178 Å². The third-order valence-corrected chi connectivity index (χ3v) is 4.49. The van der Waals surface area contributed by atoms with Gasteiger partial charge in [-0.2, -0.15) is 4.52 Å². The fourth-order valence-corrected chi connectivity index (χ4v) is 3.08. The lowest BCUT2D eigenvalue weighted by atomic mass is 10.1. The van der Waals surface area contributed by atoms with Crippen LogP contribution in [0.5, 0.6) is 17.2 Å². The second-order valence-electron chi connectivity index (χ2n) is 6.52. The zero-order valence-corrected chi connectivity index (χ0v) is 15.4. The summed E-state index contributed by atoms with van der Waals surface area (Å²) in [5, 5.41) is 4.22. The minimum Gasteiger partial charge on any atom is -0.490 e. The molecule has 1 saturated heterocycles. The van der Waals surface area contributed by atoms with Gasteiger partial charge in [0.05, 0.1) is 5.48 Å². The summed E-state index contributed by atoms with van der Waals surface area (Å²) in [5.41, 5.74) is 0.206. The van der Waals surface area contributed by atoms with Crippen molar-refractivity contribution in [2.45, 2.75) is 25.9 Å². The lowest BCUT2D eigenvalue weighted by Gasteiger charge is -2.33. The summed E-state index contributed by atoms with van der Waals surface area (Å²) in [7, 11) is 0. The lowest BCUT2D eigenvalue weighted by Crippen LogP contribution is -2.39. The van der Waals surface area contributed by atoms with E-state index in [0.29, 0.717) is 5.56 Å². The van der Waals surface area contributed by atoms with Crippen LogP contribution in [0.1, 0.15) is 29.4 Å². The molecule has 8 nitrogen and oxygen atoms in total. The molecular formula is C21H22N4O4. The Kier molecular flexibility index (Phi) is 2.77. The minimum absolute atomic E-state index is 0.0319. The monoisotopic (exact) mass is 402 g/mol. The molecule has 1 fully saturated rings. The molecule has 2 aliphatic rings. The van der Waals surface area contributed by atoms with Crippen LogP contribution in [-0.4, -0.2) is 46.8 Å². The molecule has 0 N–H and O–H groups in total. The summed E-state index contributed by atoms with van der Waals surface area (Å²) >= 11 is 0. The second-order valence-corrected chi connectivity index (χ2v) is 6.52. The van der Waals surface area contributed by atoms with E-state index in [9.17, 15) is 4.79 Å². The van der Waals surface area contributed by atoms with E-state index >= 15 is 0 Å². The number of anilines is 1. The van der Waals surface area contributed by atoms with Crippen LogP contribution in [-0.2, 0) is 0 Å². The molecule has 150 valence electrons. The highest BCUT2D eigenvalue weighted by Gasteiger charge is 2.24. The van der Waals surface area contributed by atoms with Crippen LogP contribution >= 0.6 is 0 Å². The number of hydrogen-bond acceptors (Lipinski definition) is 7. The number of nitrogens with zero attached hydrogens (tertiary/aromatic N) is 4. The van der Waals surface area contributed by atoms with Gasteiger partial charge in [-0.15, -0.1) is 5.10 Å². The molecule has 0 saturated carbocycles. The Morgan fingerprint density at radius 2 is 1.93 bits per heavy atom. The average molecular weight is 402 g/mol. The summed E-state index contributed by atoms with van der Waals surface area (Å²) in [6.45, 7) is -8.39. The molecule has 0 unspecified atom stereocenters. The van der Waals surface area contributed by atoms with Crippen LogP contribution in [0, 0.1) is 6.92 Å². The fraction of sp³-hybridized carbons (Fsp3) is 0.381. The summed E-state index contributed by atoms with van der Waals surface area (Å²) in [6, 6.07) is 6.79. The van der Waals surface area contributed by atoms with Crippen LogP contribution in [0.2, 0.25) is 0 Å². The van der Waals surface area contributed by atoms with Crippen molar-refractivity contribution in [3.05, 3.63) is 52.4 Å². The van der Waals surface area contributed by atoms with Crippen LogP contribution in [0.15, 0.2) is 41.3 Å². The summed E-state index contributed by atoms with van der Waals surface area (Å²) in [6.07, 6.45) is -0.115. The molecule has 1 aromatic carbocycles. The maximum atomic E-state index is 12.3. The number of aromatic nitrogens is 3. The van der Waals surface area contributed by atoms with Crippen molar-refractivity contribution < 1.29 is 25.2 Å². The first-order valence-electron chi connectivity index (χ1n) is 12.9. The molecule has 29 heavy (non-hydrogen) atoms. The Balaban J connectivity index is 1.43. The predicted octanol–water partition coefficient (Wildman–Crippen LogP) is 2.22. The number of rotatable bonds is 3. The fourth-order valence-electron chi connectivity index (χ4n) is 3.08. The zero-order chi connectivity index (χ0) is 27.0. The van der Waals surface area contributed by atoms with Gasteiger partial charge in [-0.25, -0.2) is 4.98 Å². The van der Waals surface area contributed by atoms with E-state index in [1.807, 2.05) is 0 Å². The van der Waals surface area contributed by atoms with Crippen molar-refractivity contribution in [2.75, 3.05) is 31.0 Å². The van der Waals surface area contributed by atoms with Crippen molar-refractivity contribution >= 4 is 11.5 Å². The number of hydrogen-bond donors (Lipinski definition) is 0. The zero-order valence-electron chi connectivity index (χ0n) is 23.4. The molecule has 8 heteroatoms. The number of aryl methyl sites for hydroxylation is 1. The van der Waals surface area contributed by atoms with Gasteiger partial charge in [0.2, 0.25) is 0 Å². The molecule has 0 bridgehead atoms. The number of benzene rings is 1. The molecule has 0 atom stereocenters. The highest BCUT2D eigenvalue weighted by molar-refractivity contribution is 5.52. The van der Waals surface area contributed by atoms with E-state index in [1.165, 1.54) is 36.5 Å². The van der Waals surface area contributed by atoms with Gasteiger partial charge >= 0.3 is 0 Å². The molecule has 4 heterocycles. The lowest BCUT2D eigenvalue weighted by molar-refractivity contribution is 0.159. The van der Waals surface area contributed by atoms with Gasteiger partial charge in [-0.05, 0) is 30.7 Å². The van der Waals surface area contributed by atoms with Crippen molar-refractivity contribution in [3.63, 3.8) is 0 Å². The van der Waals surface area contributed by atoms with Crippen LogP contribution in [0.3, 0.4) is 0 Å². The first-order valence-corrected chi connectivity index (χ1v) is 8.94. The van der Waals surface area contributed by atoms with Gasteiger partial charge in [-0.3, -0.25) is 4.79 Å². The number of ether oxygens (including phenoxy) is 3. The molecule has 3 aromatic rings. The molecule has 2 aromatic heterocycles. The third kappa shape index (κ3) is 3.46. The Morgan fingerprint density at radius 3 is 2.76 bits per heavy atom. The van der Waals surface area contributed by atoms with Gasteiger partial charge < -0.3 is 19.1 Å². The molecule has 0 radical (unpaired) electrons.